The molecule has 1 aliphatic rings. The van der Waals surface area contributed by atoms with Crippen LogP contribution in [-0.4, -0.2) is 45.5 Å². The SMILES string of the molecule is CCC[I-]C1CC[C@H](n2c3ccc(C(F)(F)F)cc3c3c(S(C)(=O)=O)c(C(F)(F)F)ccc32)C(O)CN1. The first-order valence-corrected chi connectivity index (χ1v) is 16.2. The molecule has 0 amide bonds. The molecule has 0 aliphatic carbocycles. The summed E-state index contributed by atoms with van der Waals surface area (Å²) in [6.07, 6.45) is -8.09. The minimum atomic E-state index is -5.05. The van der Waals surface area contributed by atoms with Crippen LogP contribution < -0.4 is 26.5 Å². The fourth-order valence-corrected chi connectivity index (χ4v) is 8.83. The number of benzene rings is 2. The second-order valence-electron chi connectivity index (χ2n) is 9.14. The van der Waals surface area contributed by atoms with E-state index in [1.54, 1.807) is 0 Å². The van der Waals surface area contributed by atoms with Crippen molar-refractivity contribution < 1.29 is 61.1 Å². The molecule has 2 aromatic carbocycles. The van der Waals surface area contributed by atoms with Crippen molar-refractivity contribution in [1.82, 2.24) is 9.88 Å². The number of nitrogens with zero attached hydrogens (tertiary/aromatic N) is 1. The maximum absolute atomic E-state index is 13.9. The second kappa shape index (κ2) is 10.2. The van der Waals surface area contributed by atoms with E-state index >= 15 is 0 Å². The van der Waals surface area contributed by atoms with Crippen molar-refractivity contribution in [1.29, 1.82) is 0 Å². The maximum atomic E-state index is 13.9. The molecule has 2 heterocycles. The number of alkyl halides is 8. The molecule has 1 aromatic heterocycles. The van der Waals surface area contributed by atoms with E-state index in [4.69, 9.17) is 0 Å². The third kappa shape index (κ3) is 5.59. The van der Waals surface area contributed by atoms with Crippen molar-refractivity contribution in [2.75, 3.05) is 17.2 Å². The van der Waals surface area contributed by atoms with E-state index in [9.17, 15) is 39.9 Å². The fraction of sp³-hybridized carbons (Fsp3) is 0.500. The normalized spacial score (nSPS) is 22.1. The summed E-state index contributed by atoms with van der Waals surface area (Å²) in [6, 6.07) is 3.72. The van der Waals surface area contributed by atoms with Crippen molar-refractivity contribution in [2.24, 2.45) is 0 Å². The summed E-state index contributed by atoms with van der Waals surface area (Å²) in [5, 5.41) is 13.7. The van der Waals surface area contributed by atoms with Crippen LogP contribution in [0.5, 0.6) is 0 Å². The molecule has 206 valence electrons. The Morgan fingerprint density at radius 3 is 2.32 bits per heavy atom. The van der Waals surface area contributed by atoms with E-state index in [2.05, 4.69) is 12.2 Å². The number of aliphatic hydroxyl groups excluding tert-OH is 1. The van der Waals surface area contributed by atoms with Crippen molar-refractivity contribution in [3.63, 3.8) is 0 Å². The minimum absolute atomic E-state index is 0.0357. The average molecular weight is 663 g/mol. The van der Waals surface area contributed by atoms with Crippen LogP contribution in [0.2, 0.25) is 0 Å². The first kappa shape index (κ1) is 28.4. The molecule has 2 unspecified atom stereocenters. The van der Waals surface area contributed by atoms with Gasteiger partial charge in [0.05, 0.1) is 0 Å². The number of aromatic nitrogens is 1. The van der Waals surface area contributed by atoms with Gasteiger partial charge in [-0.2, -0.15) is 0 Å². The molecule has 37 heavy (non-hydrogen) atoms. The van der Waals surface area contributed by atoms with E-state index < -0.39 is 55.7 Å². The molecule has 0 radical (unpaired) electrons. The number of rotatable bonds is 5. The van der Waals surface area contributed by atoms with Crippen LogP contribution in [0.25, 0.3) is 21.8 Å². The van der Waals surface area contributed by atoms with Gasteiger partial charge < -0.3 is 0 Å². The van der Waals surface area contributed by atoms with Crippen molar-refractivity contribution >= 4 is 31.6 Å². The summed E-state index contributed by atoms with van der Waals surface area (Å²) in [4.78, 5) is -1.06. The summed E-state index contributed by atoms with van der Waals surface area (Å²) in [5.41, 5.74) is -2.37. The topological polar surface area (TPSA) is 71.3 Å². The number of halogens is 7. The summed E-state index contributed by atoms with van der Waals surface area (Å²) >= 11 is -0.199. The van der Waals surface area contributed by atoms with Crippen LogP contribution >= 0.6 is 0 Å². The predicted molar refractivity (Wildman–Crippen MR) is 124 cm³/mol. The Hall–Kier alpha value is -1.58. The zero-order valence-electron chi connectivity index (χ0n) is 19.9. The Labute approximate surface area is 220 Å². The second-order valence-corrected chi connectivity index (χ2v) is 14.6. The Kier molecular flexibility index (Phi) is 7.83. The molecule has 0 spiro atoms. The average Bonchev–Trinajstić information content (AvgIpc) is 3.00. The van der Waals surface area contributed by atoms with Crippen LogP contribution in [0, 0.1) is 0 Å². The summed E-state index contributed by atoms with van der Waals surface area (Å²) in [6.45, 7) is 2.29. The van der Waals surface area contributed by atoms with E-state index in [-0.39, 0.29) is 48.2 Å². The number of fused-ring (bicyclic) bond motifs is 3. The summed E-state index contributed by atoms with van der Waals surface area (Å²) in [5.74, 6) is 0. The molecule has 1 saturated heterocycles. The molecule has 1 aliphatic heterocycles. The molecular weight excluding hydrogens is 637 g/mol. The standard InChI is InChI=1S/C24H26F6IN2O3S/c1-3-10-31-20-9-8-17(19(34)12-32-20)33-16-6-4-13(23(25,26)27)11-14(16)21-18(33)7-5-15(24(28,29)30)22(21)37(2,35)36/h4-7,11,17,19-20,32,34H,3,8-10,12H2,1-2H3/q-1/t17-,19?,20?/m0/s1. The molecule has 0 bridgehead atoms. The number of hydrogen-bond donors (Lipinski definition) is 2. The molecule has 3 atom stereocenters. The molecule has 2 N–H and O–H groups in total. The van der Waals surface area contributed by atoms with E-state index in [1.807, 2.05) is 0 Å². The van der Waals surface area contributed by atoms with Crippen molar-refractivity contribution in [3.05, 3.63) is 41.5 Å². The van der Waals surface area contributed by atoms with Gasteiger partial charge in [-0.3, -0.25) is 0 Å². The van der Waals surface area contributed by atoms with E-state index in [0.717, 1.165) is 29.0 Å². The van der Waals surface area contributed by atoms with Gasteiger partial charge in [0.25, 0.3) is 0 Å². The zero-order valence-corrected chi connectivity index (χ0v) is 22.9. The molecule has 1 fully saturated rings. The van der Waals surface area contributed by atoms with Gasteiger partial charge >= 0.3 is 221 Å². The monoisotopic (exact) mass is 663 g/mol. The molecule has 13 heteroatoms. The third-order valence-electron chi connectivity index (χ3n) is 6.45. The molecule has 5 nitrogen and oxygen atoms in total. The van der Waals surface area contributed by atoms with Crippen LogP contribution in [-0.2, 0) is 22.2 Å². The van der Waals surface area contributed by atoms with Gasteiger partial charge in [-0.1, -0.05) is 0 Å². The predicted octanol–water partition coefficient (Wildman–Crippen LogP) is 2.35. The van der Waals surface area contributed by atoms with Crippen molar-refractivity contribution in [3.8, 4) is 0 Å². The van der Waals surface area contributed by atoms with Crippen molar-refractivity contribution in [2.45, 2.75) is 59.6 Å². The number of β-amino-alcohol motifs (C(OH)–C–C–N with tert-alkyl or cyclic N) is 1. The molecule has 3 aromatic rings. The van der Waals surface area contributed by atoms with Gasteiger partial charge in [0.2, 0.25) is 0 Å². The number of aliphatic hydroxyl groups is 1. The number of nitrogens with one attached hydrogen (secondary N) is 1. The van der Waals surface area contributed by atoms with Gasteiger partial charge in [0, 0.05) is 0 Å². The van der Waals surface area contributed by atoms with Gasteiger partial charge in [0.15, 0.2) is 0 Å². The first-order valence-electron chi connectivity index (χ1n) is 11.6. The van der Waals surface area contributed by atoms with Gasteiger partial charge in [0.1, 0.15) is 0 Å². The van der Waals surface area contributed by atoms with Crippen LogP contribution in [0.3, 0.4) is 0 Å². The molecule has 0 saturated carbocycles. The van der Waals surface area contributed by atoms with Gasteiger partial charge in [-0.05, 0) is 0 Å². The zero-order chi connectivity index (χ0) is 27.3. The van der Waals surface area contributed by atoms with E-state index in [0.29, 0.717) is 31.2 Å². The van der Waals surface area contributed by atoms with Gasteiger partial charge in [-0.25, -0.2) is 0 Å². The van der Waals surface area contributed by atoms with Crippen LogP contribution in [0.1, 0.15) is 43.4 Å². The Bertz CT molecular complexity index is 1420. The molecule has 4 rings (SSSR count). The summed E-state index contributed by atoms with van der Waals surface area (Å²) in [7, 11) is -4.53. The quantitative estimate of drug-likeness (QED) is 0.191. The Morgan fingerprint density at radius 2 is 1.73 bits per heavy atom. The van der Waals surface area contributed by atoms with E-state index in [1.165, 1.54) is 4.57 Å². The summed E-state index contributed by atoms with van der Waals surface area (Å²) < 4.78 is 111. The Balaban J connectivity index is 2.05. The third-order valence-corrected chi connectivity index (χ3v) is 11.4. The van der Waals surface area contributed by atoms with Crippen LogP contribution in [0.15, 0.2) is 35.2 Å². The number of sulfone groups is 1. The molecular formula is C24H26F6IN2O3S-. The number of hydrogen-bond acceptors (Lipinski definition) is 4. The van der Waals surface area contributed by atoms with Crippen LogP contribution in [0.4, 0.5) is 26.3 Å². The first-order chi connectivity index (χ1) is 17.1. The van der Waals surface area contributed by atoms with Gasteiger partial charge in [-0.15, -0.1) is 0 Å². The Morgan fingerprint density at radius 1 is 1.05 bits per heavy atom. The fourth-order valence-electron chi connectivity index (χ4n) is 4.92.